The number of allylic oxidation sites excluding steroid dienone is 3. The van der Waals surface area contributed by atoms with Gasteiger partial charge in [-0.1, -0.05) is 19.9 Å². The fourth-order valence-electron chi connectivity index (χ4n) is 0.382. The molecule has 0 atom stereocenters. The van der Waals surface area contributed by atoms with Crippen molar-refractivity contribution >= 4 is 0 Å². The molecule has 0 aliphatic heterocycles. The fraction of sp³-hybridized carbons (Fsp3) is 0.429. The Bertz CT molecular complexity index is 125. The van der Waals surface area contributed by atoms with Gasteiger partial charge in [0.05, 0.1) is 0 Å². The Morgan fingerprint density at radius 1 is 1.56 bits per heavy atom. The molecule has 9 heavy (non-hydrogen) atoms. The Morgan fingerprint density at radius 2 is 2.11 bits per heavy atom. The first-order valence-electron chi connectivity index (χ1n) is 2.89. The molecule has 0 N–H and O–H groups in total. The lowest BCUT2D eigenvalue weighted by molar-refractivity contribution is 0.543. The summed E-state index contributed by atoms with van der Waals surface area (Å²) < 4.78 is 23.9. The van der Waals surface area contributed by atoms with Crippen LogP contribution in [0, 0.1) is 0 Å². The second kappa shape index (κ2) is 4.24. The van der Waals surface area contributed by atoms with Crippen LogP contribution in [0.3, 0.4) is 0 Å². The van der Waals surface area contributed by atoms with E-state index in [9.17, 15) is 8.78 Å². The van der Waals surface area contributed by atoms with Crippen LogP contribution in [0.1, 0.15) is 19.8 Å². The summed E-state index contributed by atoms with van der Waals surface area (Å²) in [5, 5.41) is 0. The van der Waals surface area contributed by atoms with Gasteiger partial charge in [-0.3, -0.25) is 0 Å². The molecular weight excluding hydrogens is 122 g/mol. The van der Waals surface area contributed by atoms with Gasteiger partial charge in [-0.2, -0.15) is 0 Å². The molecule has 2 heteroatoms. The molecule has 0 nitrogen and oxygen atoms in total. The van der Waals surface area contributed by atoms with Gasteiger partial charge >= 0.3 is 0 Å². The highest BCUT2D eigenvalue weighted by molar-refractivity contribution is 5.14. The third-order valence-corrected chi connectivity index (χ3v) is 0.871. The first-order chi connectivity index (χ1) is 4.18. The van der Waals surface area contributed by atoms with Crippen LogP contribution in [0.2, 0.25) is 0 Å². The molecule has 0 amide bonds. The van der Waals surface area contributed by atoms with Crippen LogP contribution in [-0.4, -0.2) is 0 Å². The van der Waals surface area contributed by atoms with Gasteiger partial charge in [0.1, 0.15) is 0 Å². The zero-order valence-electron chi connectivity index (χ0n) is 5.45. The zero-order chi connectivity index (χ0) is 7.28. The lowest BCUT2D eigenvalue weighted by atomic mass is 10.3. The molecule has 0 unspecified atom stereocenters. The normalized spacial score (nSPS) is 11.7. The Hall–Kier alpha value is -0.660. The van der Waals surface area contributed by atoms with E-state index in [2.05, 4.69) is 6.58 Å². The van der Waals surface area contributed by atoms with E-state index in [-0.39, 0.29) is 0 Å². The van der Waals surface area contributed by atoms with Crippen LogP contribution in [0.5, 0.6) is 0 Å². The predicted molar refractivity (Wildman–Crippen MR) is 34.3 cm³/mol. The summed E-state index contributed by atoms with van der Waals surface area (Å²) in [5.41, 5.74) is 0. The number of unbranched alkanes of at least 4 members (excludes halogenated alkanes) is 1. The van der Waals surface area contributed by atoms with Crippen molar-refractivity contribution < 1.29 is 8.78 Å². The maximum absolute atomic E-state index is 12.1. The SMILES string of the molecule is C=C(F)C(F)=CCCC. The Morgan fingerprint density at radius 3 is 2.44 bits per heavy atom. The highest BCUT2D eigenvalue weighted by Gasteiger charge is 1.95. The standard InChI is InChI=1S/C7H10F2/c1-3-4-5-7(9)6(2)8/h5H,2-4H2,1H3. The van der Waals surface area contributed by atoms with Crippen molar-refractivity contribution in [2.24, 2.45) is 0 Å². The molecule has 0 aliphatic rings. The molecule has 52 valence electrons. The van der Waals surface area contributed by atoms with Crippen LogP contribution in [0.4, 0.5) is 8.78 Å². The molecule has 0 aromatic heterocycles. The summed E-state index contributed by atoms with van der Waals surface area (Å²) in [6.45, 7) is 4.69. The molecule has 0 heterocycles. The quantitative estimate of drug-likeness (QED) is 0.517. The van der Waals surface area contributed by atoms with Crippen molar-refractivity contribution in [2.45, 2.75) is 19.8 Å². The van der Waals surface area contributed by atoms with Gasteiger partial charge in [-0.25, -0.2) is 8.78 Å². The molecule has 0 radical (unpaired) electrons. The third-order valence-electron chi connectivity index (χ3n) is 0.871. The number of hydrogen-bond donors (Lipinski definition) is 0. The van der Waals surface area contributed by atoms with Crippen molar-refractivity contribution in [2.75, 3.05) is 0 Å². The van der Waals surface area contributed by atoms with E-state index in [4.69, 9.17) is 0 Å². The van der Waals surface area contributed by atoms with Gasteiger partial charge in [-0.15, -0.1) is 0 Å². The largest absolute Gasteiger partial charge is 0.204 e. The van der Waals surface area contributed by atoms with Crippen molar-refractivity contribution in [1.82, 2.24) is 0 Å². The summed E-state index contributed by atoms with van der Waals surface area (Å²) in [5.74, 6) is -1.82. The monoisotopic (exact) mass is 132 g/mol. The van der Waals surface area contributed by atoms with Crippen molar-refractivity contribution in [3.8, 4) is 0 Å². The first kappa shape index (κ1) is 8.34. The highest BCUT2D eigenvalue weighted by atomic mass is 19.2. The van der Waals surface area contributed by atoms with E-state index in [1.165, 1.54) is 6.08 Å². The summed E-state index contributed by atoms with van der Waals surface area (Å²) in [4.78, 5) is 0. The van der Waals surface area contributed by atoms with Gasteiger partial charge in [0.25, 0.3) is 0 Å². The summed E-state index contributed by atoms with van der Waals surface area (Å²) in [7, 11) is 0. The molecular formula is C7H10F2. The van der Waals surface area contributed by atoms with Gasteiger partial charge in [0.2, 0.25) is 0 Å². The molecule has 0 aromatic rings. The first-order valence-corrected chi connectivity index (χ1v) is 2.89. The number of hydrogen-bond acceptors (Lipinski definition) is 0. The lowest BCUT2D eigenvalue weighted by Crippen LogP contribution is -1.71. The minimum Gasteiger partial charge on any atom is -0.204 e. The third kappa shape index (κ3) is 3.88. The fourth-order valence-corrected chi connectivity index (χ4v) is 0.382. The topological polar surface area (TPSA) is 0 Å². The lowest BCUT2D eigenvalue weighted by Gasteiger charge is -1.88. The Labute approximate surface area is 53.9 Å². The Balaban J connectivity index is 3.69. The maximum atomic E-state index is 12.1. The summed E-state index contributed by atoms with van der Waals surface area (Å²) >= 11 is 0. The van der Waals surface area contributed by atoms with Crippen LogP contribution in [0.15, 0.2) is 24.3 Å². The second-order valence-electron chi connectivity index (χ2n) is 1.75. The minimum atomic E-state index is -0.983. The highest BCUT2D eigenvalue weighted by Crippen LogP contribution is 2.10. The van der Waals surface area contributed by atoms with E-state index in [0.29, 0.717) is 6.42 Å². The smallest absolute Gasteiger partial charge is 0.154 e. The van der Waals surface area contributed by atoms with Crippen molar-refractivity contribution in [1.29, 1.82) is 0 Å². The Kier molecular flexibility index (Phi) is 3.93. The minimum absolute atomic E-state index is 0.564. The molecule has 0 spiro atoms. The van der Waals surface area contributed by atoms with Crippen LogP contribution in [0.25, 0.3) is 0 Å². The van der Waals surface area contributed by atoms with Gasteiger partial charge < -0.3 is 0 Å². The van der Waals surface area contributed by atoms with Crippen LogP contribution < -0.4 is 0 Å². The van der Waals surface area contributed by atoms with E-state index >= 15 is 0 Å². The second-order valence-corrected chi connectivity index (χ2v) is 1.75. The average Bonchev–Trinajstić information content (AvgIpc) is 1.82. The molecule has 0 aromatic carbocycles. The van der Waals surface area contributed by atoms with Crippen LogP contribution in [-0.2, 0) is 0 Å². The van der Waals surface area contributed by atoms with E-state index in [0.717, 1.165) is 6.42 Å². The van der Waals surface area contributed by atoms with Crippen LogP contribution >= 0.6 is 0 Å². The van der Waals surface area contributed by atoms with Gasteiger partial charge in [0, 0.05) is 0 Å². The summed E-state index contributed by atoms with van der Waals surface area (Å²) in [6.07, 6.45) is 2.58. The average molecular weight is 132 g/mol. The summed E-state index contributed by atoms with van der Waals surface area (Å²) in [6, 6.07) is 0. The predicted octanol–water partition coefficient (Wildman–Crippen LogP) is 3.12. The molecule has 0 fully saturated rings. The number of halogens is 2. The zero-order valence-corrected chi connectivity index (χ0v) is 5.45. The molecule has 0 rings (SSSR count). The van der Waals surface area contributed by atoms with E-state index in [1.54, 1.807) is 0 Å². The molecule has 0 bridgehead atoms. The van der Waals surface area contributed by atoms with E-state index in [1.807, 2.05) is 6.92 Å². The molecule has 0 saturated carbocycles. The molecule has 0 saturated heterocycles. The van der Waals surface area contributed by atoms with Crippen molar-refractivity contribution in [3.05, 3.63) is 24.3 Å². The van der Waals surface area contributed by atoms with Crippen molar-refractivity contribution in [3.63, 3.8) is 0 Å². The van der Waals surface area contributed by atoms with Gasteiger partial charge in [-0.05, 0) is 12.5 Å². The number of rotatable bonds is 3. The van der Waals surface area contributed by atoms with E-state index < -0.39 is 11.7 Å². The molecule has 0 aliphatic carbocycles. The van der Waals surface area contributed by atoms with Gasteiger partial charge in [0.15, 0.2) is 11.7 Å². The maximum Gasteiger partial charge on any atom is 0.154 e.